The lowest BCUT2D eigenvalue weighted by Crippen LogP contribution is -2.27. The molecule has 0 atom stereocenters. The van der Waals surface area contributed by atoms with Gasteiger partial charge in [-0.2, -0.15) is 0 Å². The summed E-state index contributed by atoms with van der Waals surface area (Å²) in [5, 5.41) is 0. The van der Waals surface area contributed by atoms with E-state index < -0.39 is 0 Å². The Balaban J connectivity index is 2.39. The molecule has 0 amide bonds. The second-order valence-electron chi connectivity index (χ2n) is 2.54. The van der Waals surface area contributed by atoms with Crippen LogP contribution < -0.4 is 0 Å². The molecule has 0 saturated carbocycles. The van der Waals surface area contributed by atoms with Gasteiger partial charge in [-0.05, 0) is 25.6 Å². The highest BCUT2D eigenvalue weighted by Crippen LogP contribution is 2.24. The van der Waals surface area contributed by atoms with Gasteiger partial charge in [-0.15, -0.1) is 0 Å². The molecule has 5 heteroatoms. The van der Waals surface area contributed by atoms with E-state index in [9.17, 15) is 0 Å². The summed E-state index contributed by atoms with van der Waals surface area (Å²) in [6.07, 6.45) is 0. The van der Waals surface area contributed by atoms with Crippen molar-refractivity contribution in [1.29, 1.82) is 0 Å². The maximum Gasteiger partial charge on any atom is 0.143 e. The minimum Gasteiger partial charge on any atom is -0.358 e. The molecule has 0 radical (unpaired) electrons. The molecule has 13 heavy (non-hydrogen) atoms. The van der Waals surface area contributed by atoms with Gasteiger partial charge in [0.2, 0.25) is 0 Å². The van der Waals surface area contributed by atoms with E-state index in [2.05, 4.69) is 23.7 Å². The number of aliphatic imine (C=N–C) groups is 1. The molecule has 0 saturated heterocycles. The van der Waals surface area contributed by atoms with Gasteiger partial charge >= 0.3 is 0 Å². The zero-order chi connectivity index (χ0) is 9.68. The molecule has 0 spiro atoms. The van der Waals surface area contributed by atoms with Crippen LogP contribution in [0.4, 0.5) is 0 Å². The summed E-state index contributed by atoms with van der Waals surface area (Å²) in [6, 6.07) is 0. The summed E-state index contributed by atoms with van der Waals surface area (Å²) >= 11 is 8.75. The SMILES string of the molecule is CCN(CC)C(=S)SC1=NCCS1. The van der Waals surface area contributed by atoms with Crippen molar-refractivity contribution in [3.8, 4) is 0 Å². The second kappa shape index (κ2) is 5.88. The summed E-state index contributed by atoms with van der Waals surface area (Å²) < 4.78 is 2.09. The molecule has 0 aromatic carbocycles. The maximum atomic E-state index is 5.31. The molecule has 0 N–H and O–H groups in total. The Morgan fingerprint density at radius 1 is 1.62 bits per heavy atom. The number of thiocarbonyl (C=S) groups is 1. The molecule has 0 aromatic heterocycles. The van der Waals surface area contributed by atoms with Crippen LogP contribution in [0.3, 0.4) is 0 Å². The fraction of sp³-hybridized carbons (Fsp3) is 0.750. The van der Waals surface area contributed by atoms with Crippen molar-refractivity contribution in [3.63, 3.8) is 0 Å². The minimum absolute atomic E-state index is 0.952. The quantitative estimate of drug-likeness (QED) is 0.682. The number of hydrogen-bond donors (Lipinski definition) is 0. The van der Waals surface area contributed by atoms with Gasteiger partial charge < -0.3 is 4.90 Å². The van der Waals surface area contributed by atoms with Gasteiger partial charge in [-0.3, -0.25) is 4.99 Å². The molecule has 0 unspecified atom stereocenters. The van der Waals surface area contributed by atoms with E-state index in [0.29, 0.717) is 0 Å². The highest BCUT2D eigenvalue weighted by molar-refractivity contribution is 8.47. The molecule has 1 heterocycles. The highest BCUT2D eigenvalue weighted by Gasteiger charge is 2.13. The Morgan fingerprint density at radius 3 is 2.77 bits per heavy atom. The van der Waals surface area contributed by atoms with Crippen LogP contribution in [0, 0.1) is 0 Å². The highest BCUT2D eigenvalue weighted by atomic mass is 32.2. The molecule has 74 valence electrons. The van der Waals surface area contributed by atoms with E-state index in [1.165, 1.54) is 0 Å². The first kappa shape index (κ1) is 11.3. The van der Waals surface area contributed by atoms with Crippen LogP contribution in [0.15, 0.2) is 4.99 Å². The summed E-state index contributed by atoms with van der Waals surface area (Å²) in [6.45, 7) is 7.17. The Labute approximate surface area is 93.5 Å². The second-order valence-corrected chi connectivity index (χ2v) is 5.50. The predicted octanol–water partition coefficient (Wildman–Crippen LogP) is 2.45. The van der Waals surface area contributed by atoms with Crippen molar-refractivity contribution in [3.05, 3.63) is 0 Å². The van der Waals surface area contributed by atoms with Gasteiger partial charge in [0.1, 0.15) is 8.70 Å². The first-order valence-electron chi connectivity index (χ1n) is 4.42. The van der Waals surface area contributed by atoms with Gasteiger partial charge in [0.25, 0.3) is 0 Å². The van der Waals surface area contributed by atoms with Gasteiger partial charge in [-0.1, -0.05) is 24.0 Å². The van der Waals surface area contributed by atoms with Gasteiger partial charge in [0.05, 0.1) is 6.54 Å². The Hall–Kier alpha value is 0.260. The van der Waals surface area contributed by atoms with Crippen molar-refractivity contribution in [1.82, 2.24) is 4.90 Å². The number of rotatable bonds is 2. The fourth-order valence-electron chi connectivity index (χ4n) is 0.998. The van der Waals surface area contributed by atoms with E-state index in [1.807, 2.05) is 11.8 Å². The van der Waals surface area contributed by atoms with Crippen molar-refractivity contribution < 1.29 is 0 Å². The van der Waals surface area contributed by atoms with Crippen LogP contribution >= 0.6 is 35.7 Å². The normalized spacial score (nSPS) is 15.7. The summed E-state index contributed by atoms with van der Waals surface area (Å²) in [4.78, 5) is 6.54. The third-order valence-electron chi connectivity index (χ3n) is 1.75. The molecule has 1 rings (SSSR count). The lowest BCUT2D eigenvalue weighted by molar-refractivity contribution is 0.482. The van der Waals surface area contributed by atoms with E-state index in [-0.39, 0.29) is 0 Å². The lowest BCUT2D eigenvalue weighted by atomic mass is 10.6. The van der Waals surface area contributed by atoms with Gasteiger partial charge in [0, 0.05) is 18.8 Å². The minimum atomic E-state index is 0.952. The topological polar surface area (TPSA) is 15.6 Å². The van der Waals surface area contributed by atoms with E-state index in [4.69, 9.17) is 12.2 Å². The molecule has 0 bridgehead atoms. The zero-order valence-electron chi connectivity index (χ0n) is 7.95. The number of nitrogens with zero attached hydrogens (tertiary/aromatic N) is 2. The Bertz CT molecular complexity index is 211. The molecule has 2 nitrogen and oxygen atoms in total. The molecular weight excluding hydrogens is 220 g/mol. The molecule has 0 fully saturated rings. The van der Waals surface area contributed by atoms with Crippen LogP contribution in [-0.4, -0.2) is 39.0 Å². The van der Waals surface area contributed by atoms with Gasteiger partial charge in [0.15, 0.2) is 0 Å². The average Bonchev–Trinajstić information content (AvgIpc) is 2.59. The molecule has 1 aliphatic heterocycles. The third kappa shape index (κ3) is 3.48. The van der Waals surface area contributed by atoms with Crippen LogP contribution in [-0.2, 0) is 0 Å². The maximum absolute atomic E-state index is 5.31. The van der Waals surface area contributed by atoms with Gasteiger partial charge in [-0.25, -0.2) is 0 Å². The van der Waals surface area contributed by atoms with Crippen molar-refractivity contribution in [2.45, 2.75) is 13.8 Å². The van der Waals surface area contributed by atoms with E-state index >= 15 is 0 Å². The van der Waals surface area contributed by atoms with E-state index in [1.54, 1.807) is 11.8 Å². The summed E-state index contributed by atoms with van der Waals surface area (Å²) in [5.41, 5.74) is 0. The summed E-state index contributed by atoms with van der Waals surface area (Å²) in [7, 11) is 0. The number of hydrogen-bond acceptors (Lipinski definition) is 4. The lowest BCUT2D eigenvalue weighted by Gasteiger charge is -2.20. The first-order chi connectivity index (χ1) is 6.27. The average molecular weight is 234 g/mol. The first-order valence-corrected chi connectivity index (χ1v) is 6.63. The molecule has 1 aliphatic rings. The standard InChI is InChI=1S/C8H14N2S3/c1-3-10(4-2)8(11)13-7-9-5-6-12-7/h3-6H2,1-2H3. The summed E-state index contributed by atoms with van der Waals surface area (Å²) in [5.74, 6) is 1.11. The largest absolute Gasteiger partial charge is 0.358 e. The molecular formula is C8H14N2S3. The number of thioether (sulfide) groups is 2. The van der Waals surface area contributed by atoms with Crippen LogP contribution in [0.25, 0.3) is 0 Å². The van der Waals surface area contributed by atoms with E-state index in [0.717, 1.165) is 34.1 Å². The van der Waals surface area contributed by atoms with Crippen molar-refractivity contribution in [2.75, 3.05) is 25.4 Å². The van der Waals surface area contributed by atoms with Crippen LogP contribution in [0.1, 0.15) is 13.8 Å². The third-order valence-corrected chi connectivity index (χ3v) is 4.37. The van der Waals surface area contributed by atoms with Crippen LogP contribution in [0.5, 0.6) is 0 Å². The van der Waals surface area contributed by atoms with Crippen molar-refractivity contribution in [2.24, 2.45) is 4.99 Å². The smallest absolute Gasteiger partial charge is 0.143 e. The Morgan fingerprint density at radius 2 is 2.31 bits per heavy atom. The predicted molar refractivity (Wildman–Crippen MR) is 67.9 cm³/mol. The molecule has 0 aliphatic carbocycles. The van der Waals surface area contributed by atoms with Crippen LogP contribution in [0.2, 0.25) is 0 Å². The monoisotopic (exact) mass is 234 g/mol. The zero-order valence-corrected chi connectivity index (χ0v) is 10.4. The molecule has 0 aromatic rings. The van der Waals surface area contributed by atoms with Crippen molar-refractivity contribution >= 4 is 44.4 Å². The fourth-order valence-corrected chi connectivity index (χ4v) is 3.61. The Kier molecular flexibility index (Phi) is 5.13.